The largest absolute Gasteiger partial charge is 0.480 e. The highest BCUT2D eigenvalue weighted by Crippen LogP contribution is 2.19. The Kier molecular flexibility index (Phi) is 6.14. The molecule has 21 heavy (non-hydrogen) atoms. The number of nitrogens with zero attached hydrogens (tertiary/aromatic N) is 1. The first-order chi connectivity index (χ1) is 9.92. The van der Waals surface area contributed by atoms with E-state index in [1.54, 1.807) is 19.9 Å². The Morgan fingerprint density at radius 2 is 1.95 bits per heavy atom. The quantitative estimate of drug-likeness (QED) is 0.848. The Morgan fingerprint density at radius 3 is 2.43 bits per heavy atom. The summed E-state index contributed by atoms with van der Waals surface area (Å²) in [5.74, 6) is -1.84. The summed E-state index contributed by atoms with van der Waals surface area (Å²) in [7, 11) is 0. The van der Waals surface area contributed by atoms with E-state index >= 15 is 0 Å². The second-order valence-corrected chi connectivity index (χ2v) is 4.85. The van der Waals surface area contributed by atoms with E-state index in [-0.39, 0.29) is 18.2 Å². The van der Waals surface area contributed by atoms with Crippen molar-refractivity contribution >= 4 is 17.7 Å². The molecular weight excluding hydrogens is 275 g/mol. The lowest BCUT2D eigenvalue weighted by Gasteiger charge is -2.26. The summed E-state index contributed by atoms with van der Waals surface area (Å²) in [6.45, 7) is 5.53. The molecule has 5 nitrogen and oxygen atoms in total. The smallest absolute Gasteiger partial charge is 0.326 e. The minimum absolute atomic E-state index is 0.130. The minimum Gasteiger partial charge on any atom is -0.480 e. The Morgan fingerprint density at radius 1 is 1.33 bits per heavy atom. The molecule has 0 aromatic heterocycles. The van der Waals surface area contributed by atoms with Crippen molar-refractivity contribution in [1.29, 1.82) is 0 Å². The predicted octanol–water partition coefficient (Wildman–Crippen LogP) is 2.86. The zero-order valence-electron chi connectivity index (χ0n) is 12.5. The number of hydrogen-bond donors (Lipinski definition) is 2. The second-order valence-electron chi connectivity index (χ2n) is 4.85. The number of carbonyl (C=O) groups excluding carboxylic acids is 1. The predicted molar refractivity (Wildman–Crippen MR) is 78.8 cm³/mol. The van der Waals surface area contributed by atoms with Gasteiger partial charge in [-0.25, -0.2) is 14.0 Å². The molecule has 2 amide bonds. The number of benzene rings is 1. The molecule has 2 N–H and O–H groups in total. The summed E-state index contributed by atoms with van der Waals surface area (Å²) in [6.07, 6.45) is 0.614. The molecule has 0 aliphatic heterocycles. The topological polar surface area (TPSA) is 69.6 Å². The van der Waals surface area contributed by atoms with Crippen molar-refractivity contribution in [2.45, 2.75) is 33.2 Å². The van der Waals surface area contributed by atoms with Crippen LogP contribution in [0.25, 0.3) is 0 Å². The van der Waals surface area contributed by atoms with Gasteiger partial charge in [0.25, 0.3) is 0 Å². The molecule has 1 aromatic carbocycles. The van der Waals surface area contributed by atoms with Crippen molar-refractivity contribution in [3.63, 3.8) is 0 Å². The van der Waals surface area contributed by atoms with Gasteiger partial charge in [0.05, 0.1) is 5.69 Å². The van der Waals surface area contributed by atoms with E-state index in [0.717, 1.165) is 0 Å². The van der Waals surface area contributed by atoms with E-state index < -0.39 is 23.9 Å². The first-order valence-corrected chi connectivity index (χ1v) is 6.97. The molecule has 1 aromatic rings. The van der Waals surface area contributed by atoms with Gasteiger partial charge in [0.15, 0.2) is 0 Å². The van der Waals surface area contributed by atoms with Gasteiger partial charge in [-0.05, 0) is 25.0 Å². The first kappa shape index (κ1) is 16.9. The third-order valence-corrected chi connectivity index (χ3v) is 3.46. The molecule has 2 atom stereocenters. The van der Waals surface area contributed by atoms with Crippen molar-refractivity contribution in [2.24, 2.45) is 5.92 Å². The van der Waals surface area contributed by atoms with Crippen LogP contribution in [0.2, 0.25) is 0 Å². The van der Waals surface area contributed by atoms with Crippen LogP contribution in [0, 0.1) is 11.7 Å². The number of nitrogens with one attached hydrogen (secondary N) is 1. The summed E-state index contributed by atoms with van der Waals surface area (Å²) < 4.78 is 13.8. The Labute approximate surface area is 123 Å². The van der Waals surface area contributed by atoms with Crippen molar-refractivity contribution < 1.29 is 19.1 Å². The summed E-state index contributed by atoms with van der Waals surface area (Å²) in [6, 6.07) is 4.28. The lowest BCUT2D eigenvalue weighted by atomic mass is 9.99. The number of aliphatic carboxylic acids is 1. The molecular formula is C15H21FN2O3. The highest BCUT2D eigenvalue weighted by Gasteiger charge is 2.28. The van der Waals surface area contributed by atoms with Crippen LogP contribution in [0.15, 0.2) is 24.3 Å². The number of carbonyl (C=O) groups is 2. The van der Waals surface area contributed by atoms with E-state index in [9.17, 15) is 19.1 Å². The molecule has 0 aliphatic carbocycles. The first-order valence-electron chi connectivity index (χ1n) is 6.97. The van der Waals surface area contributed by atoms with Crippen molar-refractivity contribution in [2.75, 3.05) is 11.4 Å². The number of amides is 2. The number of hydrogen-bond acceptors (Lipinski definition) is 2. The molecule has 1 rings (SSSR count). The van der Waals surface area contributed by atoms with Gasteiger partial charge in [-0.2, -0.15) is 0 Å². The van der Waals surface area contributed by atoms with Crippen molar-refractivity contribution in [3.05, 3.63) is 30.1 Å². The van der Waals surface area contributed by atoms with Gasteiger partial charge in [0.2, 0.25) is 0 Å². The molecule has 0 bridgehead atoms. The molecule has 0 fully saturated rings. The average Bonchev–Trinajstić information content (AvgIpc) is 2.46. The van der Waals surface area contributed by atoms with E-state index in [2.05, 4.69) is 5.32 Å². The Balaban J connectivity index is 2.94. The lowest BCUT2D eigenvalue weighted by molar-refractivity contribution is -0.140. The van der Waals surface area contributed by atoms with Gasteiger partial charge in [-0.1, -0.05) is 32.4 Å². The maximum atomic E-state index is 13.8. The third-order valence-electron chi connectivity index (χ3n) is 3.46. The van der Waals surface area contributed by atoms with Crippen LogP contribution >= 0.6 is 0 Å². The molecule has 2 unspecified atom stereocenters. The summed E-state index contributed by atoms with van der Waals surface area (Å²) in [4.78, 5) is 24.7. The lowest BCUT2D eigenvalue weighted by Crippen LogP contribution is -2.50. The number of anilines is 1. The SMILES string of the molecule is CCC(C)C(NC(=O)N(CC)c1ccccc1F)C(=O)O. The van der Waals surface area contributed by atoms with Crippen LogP contribution in [-0.2, 0) is 4.79 Å². The maximum absolute atomic E-state index is 13.8. The van der Waals surface area contributed by atoms with Gasteiger partial charge >= 0.3 is 12.0 Å². The molecule has 0 heterocycles. The Hall–Kier alpha value is -2.11. The van der Waals surface area contributed by atoms with Crippen LogP contribution in [-0.4, -0.2) is 29.7 Å². The maximum Gasteiger partial charge on any atom is 0.326 e. The number of halogens is 1. The van der Waals surface area contributed by atoms with Crippen molar-refractivity contribution in [1.82, 2.24) is 5.32 Å². The number of carboxylic acid groups (broad SMARTS) is 1. The van der Waals surface area contributed by atoms with Crippen LogP contribution < -0.4 is 10.2 Å². The third kappa shape index (κ3) is 4.18. The molecule has 116 valence electrons. The van der Waals surface area contributed by atoms with Gasteiger partial charge in [-0.15, -0.1) is 0 Å². The molecule has 0 saturated heterocycles. The van der Waals surface area contributed by atoms with Gasteiger partial charge in [0.1, 0.15) is 11.9 Å². The number of para-hydroxylation sites is 1. The van der Waals surface area contributed by atoms with Crippen LogP contribution in [0.4, 0.5) is 14.9 Å². The van der Waals surface area contributed by atoms with E-state index in [1.807, 2.05) is 6.92 Å². The number of urea groups is 1. The zero-order valence-corrected chi connectivity index (χ0v) is 12.5. The standard InChI is InChI=1S/C15H21FN2O3/c1-4-10(3)13(14(19)20)17-15(21)18(5-2)12-9-7-6-8-11(12)16/h6-10,13H,4-5H2,1-3H3,(H,17,21)(H,19,20). The fraction of sp³-hybridized carbons (Fsp3) is 0.467. The van der Waals surface area contributed by atoms with E-state index in [4.69, 9.17) is 0 Å². The van der Waals surface area contributed by atoms with E-state index in [0.29, 0.717) is 6.42 Å². The van der Waals surface area contributed by atoms with Gasteiger partial charge < -0.3 is 10.4 Å². The average molecular weight is 296 g/mol. The molecule has 0 radical (unpaired) electrons. The highest BCUT2D eigenvalue weighted by atomic mass is 19.1. The van der Waals surface area contributed by atoms with Gasteiger partial charge in [-0.3, -0.25) is 4.90 Å². The highest BCUT2D eigenvalue weighted by molar-refractivity contribution is 5.94. The fourth-order valence-electron chi connectivity index (χ4n) is 1.99. The zero-order chi connectivity index (χ0) is 16.0. The minimum atomic E-state index is -1.10. The normalized spacial score (nSPS) is 13.3. The van der Waals surface area contributed by atoms with Crippen LogP contribution in [0.3, 0.4) is 0 Å². The molecule has 0 aliphatic rings. The van der Waals surface area contributed by atoms with Gasteiger partial charge in [0, 0.05) is 6.54 Å². The number of rotatable bonds is 6. The second kappa shape index (κ2) is 7.61. The van der Waals surface area contributed by atoms with E-state index in [1.165, 1.54) is 23.1 Å². The monoisotopic (exact) mass is 296 g/mol. The summed E-state index contributed by atoms with van der Waals surface area (Å²) in [5.41, 5.74) is 0.130. The summed E-state index contributed by atoms with van der Waals surface area (Å²) >= 11 is 0. The Bertz CT molecular complexity index is 507. The fourth-order valence-corrected chi connectivity index (χ4v) is 1.99. The number of carboxylic acids is 1. The molecule has 0 spiro atoms. The van der Waals surface area contributed by atoms with Crippen molar-refractivity contribution in [3.8, 4) is 0 Å². The molecule has 6 heteroatoms. The van der Waals surface area contributed by atoms with Crippen LogP contribution in [0.1, 0.15) is 27.2 Å². The molecule has 0 saturated carbocycles. The summed E-state index contributed by atoms with van der Waals surface area (Å²) in [5, 5.41) is 11.7. The van der Waals surface area contributed by atoms with Crippen LogP contribution in [0.5, 0.6) is 0 Å².